The predicted molar refractivity (Wildman–Crippen MR) is 119 cm³/mol. The Balaban J connectivity index is 1.44. The first-order chi connectivity index (χ1) is 15.2. The summed E-state index contributed by atoms with van der Waals surface area (Å²) in [6.07, 6.45) is 0.722. The molecule has 2 amide bonds. The van der Waals surface area contributed by atoms with E-state index in [9.17, 15) is 22.4 Å². The van der Waals surface area contributed by atoms with Crippen LogP contribution >= 0.6 is 0 Å². The van der Waals surface area contributed by atoms with Crippen molar-refractivity contribution in [3.8, 4) is 0 Å². The Morgan fingerprint density at radius 1 is 1.00 bits per heavy atom. The van der Waals surface area contributed by atoms with Crippen molar-refractivity contribution in [1.82, 2.24) is 14.5 Å². The number of piperazine rings is 1. The van der Waals surface area contributed by atoms with Gasteiger partial charge in [-0.2, -0.15) is 4.31 Å². The van der Waals surface area contributed by atoms with Crippen LogP contribution in [0.2, 0.25) is 0 Å². The second-order valence-corrected chi connectivity index (χ2v) is 9.83. The number of hydrogen-bond donors (Lipinski definition) is 1. The lowest BCUT2D eigenvalue weighted by atomic mass is 10.2. The second kappa shape index (κ2) is 10.2. The highest BCUT2D eigenvalue weighted by Crippen LogP contribution is 2.22. The van der Waals surface area contributed by atoms with Crippen LogP contribution in [-0.2, 0) is 14.8 Å². The van der Waals surface area contributed by atoms with E-state index in [1.54, 1.807) is 24.0 Å². The van der Waals surface area contributed by atoms with Gasteiger partial charge in [-0.05, 0) is 61.7 Å². The van der Waals surface area contributed by atoms with Gasteiger partial charge in [-0.25, -0.2) is 12.8 Å². The van der Waals surface area contributed by atoms with Crippen LogP contribution in [-0.4, -0.2) is 62.2 Å². The zero-order valence-corrected chi connectivity index (χ0v) is 19.1. The van der Waals surface area contributed by atoms with Gasteiger partial charge in [-0.15, -0.1) is 0 Å². The van der Waals surface area contributed by atoms with Crippen LogP contribution in [0.25, 0.3) is 0 Å². The molecule has 3 rings (SSSR count). The van der Waals surface area contributed by atoms with Crippen LogP contribution in [0.1, 0.15) is 34.3 Å². The van der Waals surface area contributed by atoms with Gasteiger partial charge in [0.15, 0.2) is 0 Å². The maximum absolute atomic E-state index is 13.0. The molecule has 2 aromatic rings. The Hall–Kier alpha value is -2.78. The number of nitrogens with zero attached hydrogens (tertiary/aromatic N) is 2. The number of sulfonamides is 1. The topological polar surface area (TPSA) is 86.8 Å². The number of carbonyl (C=O) groups excluding carboxylic acids is 2. The molecule has 2 aromatic carbocycles. The highest BCUT2D eigenvalue weighted by Gasteiger charge is 2.30. The number of hydrogen-bond acceptors (Lipinski definition) is 4. The molecule has 1 aliphatic heterocycles. The summed E-state index contributed by atoms with van der Waals surface area (Å²) in [5, 5.41) is 2.71. The molecule has 1 fully saturated rings. The molecule has 0 atom stereocenters. The fraction of sp³-hybridized carbons (Fsp3) is 0.391. The van der Waals surface area contributed by atoms with Crippen molar-refractivity contribution >= 4 is 21.8 Å². The Labute approximate surface area is 188 Å². The molecule has 0 spiro atoms. The van der Waals surface area contributed by atoms with E-state index < -0.39 is 15.8 Å². The van der Waals surface area contributed by atoms with Crippen LogP contribution in [0, 0.1) is 19.7 Å². The third kappa shape index (κ3) is 5.72. The van der Waals surface area contributed by atoms with E-state index in [1.165, 1.54) is 28.6 Å². The molecule has 0 saturated carbocycles. The van der Waals surface area contributed by atoms with E-state index >= 15 is 0 Å². The summed E-state index contributed by atoms with van der Waals surface area (Å²) in [5.41, 5.74) is 1.95. The Morgan fingerprint density at radius 2 is 1.66 bits per heavy atom. The van der Waals surface area contributed by atoms with Gasteiger partial charge in [-0.1, -0.05) is 12.1 Å². The molecule has 172 valence electrons. The molecule has 0 unspecified atom stereocenters. The number of aryl methyl sites for hydroxylation is 2. The van der Waals surface area contributed by atoms with Gasteiger partial charge in [0.1, 0.15) is 5.82 Å². The summed E-state index contributed by atoms with van der Waals surface area (Å²) >= 11 is 0. The number of carbonyl (C=O) groups is 2. The molecule has 1 aliphatic rings. The molecule has 9 heteroatoms. The van der Waals surface area contributed by atoms with Crippen LogP contribution in [0.15, 0.2) is 47.4 Å². The SMILES string of the molecule is Cc1ccc(C)c(S(=O)(=O)N2CCN(C(=O)CCCNC(=O)c3ccc(F)cc3)CC2)c1. The molecule has 1 N–H and O–H groups in total. The summed E-state index contributed by atoms with van der Waals surface area (Å²) in [4.78, 5) is 26.5. The average Bonchev–Trinajstić information content (AvgIpc) is 2.78. The molecule has 1 saturated heterocycles. The van der Waals surface area contributed by atoms with Crippen molar-refractivity contribution in [2.45, 2.75) is 31.6 Å². The largest absolute Gasteiger partial charge is 0.352 e. The van der Waals surface area contributed by atoms with Crippen molar-refractivity contribution in [2.75, 3.05) is 32.7 Å². The average molecular weight is 462 g/mol. The Morgan fingerprint density at radius 3 is 2.31 bits per heavy atom. The lowest BCUT2D eigenvalue weighted by molar-refractivity contribution is -0.132. The summed E-state index contributed by atoms with van der Waals surface area (Å²) in [5.74, 6) is -0.790. The predicted octanol–water partition coefficient (Wildman–Crippen LogP) is 2.49. The van der Waals surface area contributed by atoms with E-state index in [2.05, 4.69) is 5.32 Å². The van der Waals surface area contributed by atoms with Gasteiger partial charge < -0.3 is 10.2 Å². The van der Waals surface area contributed by atoms with Gasteiger partial charge in [0, 0.05) is 44.7 Å². The van der Waals surface area contributed by atoms with E-state index in [0.717, 1.165) is 5.56 Å². The minimum absolute atomic E-state index is 0.0650. The standard InChI is InChI=1S/C23H28FN3O4S/c1-17-5-6-18(2)21(16-17)32(30,31)27-14-12-26(13-15-27)22(28)4-3-11-25-23(29)19-7-9-20(24)10-8-19/h5-10,16H,3-4,11-15H2,1-2H3,(H,25,29). The first kappa shape index (κ1) is 23.9. The van der Waals surface area contributed by atoms with Crippen LogP contribution in [0.5, 0.6) is 0 Å². The number of amides is 2. The summed E-state index contributed by atoms with van der Waals surface area (Å²) in [7, 11) is -3.60. The van der Waals surface area contributed by atoms with Gasteiger partial charge in [-0.3, -0.25) is 9.59 Å². The maximum atomic E-state index is 13.0. The minimum atomic E-state index is -3.60. The van der Waals surface area contributed by atoms with Crippen molar-refractivity contribution in [3.63, 3.8) is 0 Å². The first-order valence-corrected chi connectivity index (χ1v) is 12.0. The number of benzene rings is 2. The molecule has 1 heterocycles. The lowest BCUT2D eigenvalue weighted by Gasteiger charge is -2.34. The van der Waals surface area contributed by atoms with Crippen LogP contribution in [0.3, 0.4) is 0 Å². The molecule has 0 aromatic heterocycles. The molecule has 0 aliphatic carbocycles. The lowest BCUT2D eigenvalue weighted by Crippen LogP contribution is -2.50. The molecule has 7 nitrogen and oxygen atoms in total. The van der Waals surface area contributed by atoms with Crippen molar-refractivity contribution in [1.29, 1.82) is 0 Å². The first-order valence-electron chi connectivity index (χ1n) is 10.6. The molecular weight excluding hydrogens is 433 g/mol. The van der Waals surface area contributed by atoms with E-state index in [-0.39, 0.29) is 31.3 Å². The van der Waals surface area contributed by atoms with Gasteiger partial charge in [0.05, 0.1) is 4.90 Å². The minimum Gasteiger partial charge on any atom is -0.352 e. The van der Waals surface area contributed by atoms with Crippen LogP contribution in [0.4, 0.5) is 4.39 Å². The number of rotatable bonds is 7. The quantitative estimate of drug-likeness (QED) is 0.642. The Bertz CT molecular complexity index is 1080. The number of halogens is 1. The molecule has 32 heavy (non-hydrogen) atoms. The fourth-order valence-corrected chi connectivity index (χ4v) is 5.34. The normalized spacial score (nSPS) is 14.9. The monoisotopic (exact) mass is 461 g/mol. The van der Waals surface area contributed by atoms with Crippen molar-refractivity contribution < 1.29 is 22.4 Å². The van der Waals surface area contributed by atoms with E-state index in [1.807, 2.05) is 13.0 Å². The third-order valence-electron chi connectivity index (χ3n) is 5.51. The fourth-order valence-electron chi connectivity index (χ4n) is 3.61. The summed E-state index contributed by atoms with van der Waals surface area (Å²) in [6, 6.07) is 10.6. The second-order valence-electron chi connectivity index (χ2n) is 7.92. The van der Waals surface area contributed by atoms with Gasteiger partial charge >= 0.3 is 0 Å². The van der Waals surface area contributed by atoms with Crippen molar-refractivity contribution in [3.05, 3.63) is 65.0 Å². The summed E-state index contributed by atoms with van der Waals surface area (Å²) < 4.78 is 40.4. The van der Waals surface area contributed by atoms with Gasteiger partial charge in [0.2, 0.25) is 15.9 Å². The van der Waals surface area contributed by atoms with Crippen molar-refractivity contribution in [2.24, 2.45) is 0 Å². The molecule has 0 bridgehead atoms. The van der Waals surface area contributed by atoms with E-state index in [4.69, 9.17) is 0 Å². The number of nitrogens with one attached hydrogen (secondary N) is 1. The third-order valence-corrected chi connectivity index (χ3v) is 7.55. The highest BCUT2D eigenvalue weighted by atomic mass is 32.2. The maximum Gasteiger partial charge on any atom is 0.251 e. The zero-order chi connectivity index (χ0) is 23.3. The summed E-state index contributed by atoms with van der Waals surface area (Å²) in [6.45, 7) is 5.14. The van der Waals surface area contributed by atoms with Gasteiger partial charge in [0.25, 0.3) is 5.91 Å². The van der Waals surface area contributed by atoms with E-state index in [0.29, 0.717) is 42.1 Å². The Kier molecular flexibility index (Phi) is 7.63. The smallest absolute Gasteiger partial charge is 0.251 e. The van der Waals surface area contributed by atoms with Crippen LogP contribution < -0.4 is 5.32 Å². The highest BCUT2D eigenvalue weighted by molar-refractivity contribution is 7.89. The molecule has 0 radical (unpaired) electrons. The molecular formula is C23H28FN3O4S. The zero-order valence-electron chi connectivity index (χ0n) is 18.3.